The Morgan fingerprint density at radius 3 is 2.44 bits per heavy atom. The van der Waals surface area contributed by atoms with Gasteiger partial charge in [0.15, 0.2) is 23.3 Å². The third kappa shape index (κ3) is 4.39. The van der Waals surface area contributed by atoms with Gasteiger partial charge in [-0.3, -0.25) is 0 Å². The van der Waals surface area contributed by atoms with Crippen LogP contribution in [0.2, 0.25) is 0 Å². The second-order valence-electron chi connectivity index (χ2n) is 3.44. The fraction of sp³-hybridized carbons (Fsp3) is 0.375. The SMILES string of the molecule is NNc1nc(NCCCS(N)(=O)=O)c(F)cc1F. The molecule has 0 saturated carbocycles. The van der Waals surface area contributed by atoms with E-state index in [1.54, 1.807) is 0 Å². The molecule has 102 valence electrons. The number of nitrogens with zero attached hydrogens (tertiary/aromatic N) is 1. The lowest BCUT2D eigenvalue weighted by atomic mass is 10.4. The van der Waals surface area contributed by atoms with E-state index in [2.05, 4.69) is 10.3 Å². The maximum absolute atomic E-state index is 13.3. The Kier molecular flexibility index (Phi) is 4.76. The molecule has 0 aliphatic rings. The van der Waals surface area contributed by atoms with Crippen molar-refractivity contribution in [2.75, 3.05) is 23.0 Å². The molecule has 0 spiro atoms. The van der Waals surface area contributed by atoms with Gasteiger partial charge in [-0.2, -0.15) is 0 Å². The van der Waals surface area contributed by atoms with Crippen molar-refractivity contribution in [3.05, 3.63) is 17.7 Å². The van der Waals surface area contributed by atoms with Gasteiger partial charge in [0.2, 0.25) is 10.0 Å². The molecule has 10 heteroatoms. The maximum Gasteiger partial charge on any atom is 0.209 e. The van der Waals surface area contributed by atoms with Crippen LogP contribution in [0.5, 0.6) is 0 Å². The number of hydrogen-bond acceptors (Lipinski definition) is 6. The first-order valence-corrected chi connectivity index (χ1v) is 6.62. The zero-order valence-corrected chi connectivity index (χ0v) is 10.1. The van der Waals surface area contributed by atoms with Gasteiger partial charge in [0.05, 0.1) is 5.75 Å². The lowest BCUT2D eigenvalue weighted by molar-refractivity contribution is 0.578. The van der Waals surface area contributed by atoms with E-state index in [1.807, 2.05) is 5.43 Å². The number of hydrogen-bond donors (Lipinski definition) is 4. The van der Waals surface area contributed by atoms with E-state index in [1.165, 1.54) is 0 Å². The molecule has 0 saturated heterocycles. The normalized spacial score (nSPS) is 11.3. The zero-order valence-electron chi connectivity index (χ0n) is 9.28. The van der Waals surface area contributed by atoms with Crippen molar-refractivity contribution in [2.45, 2.75) is 6.42 Å². The molecule has 0 amide bonds. The van der Waals surface area contributed by atoms with Gasteiger partial charge in [-0.25, -0.2) is 33.2 Å². The average Bonchev–Trinajstić information content (AvgIpc) is 2.25. The average molecular weight is 281 g/mol. The Morgan fingerprint density at radius 2 is 1.89 bits per heavy atom. The van der Waals surface area contributed by atoms with E-state index in [0.717, 1.165) is 0 Å². The van der Waals surface area contributed by atoms with Gasteiger partial charge in [-0.05, 0) is 6.42 Å². The Bertz CT molecular complexity index is 522. The highest BCUT2D eigenvalue weighted by molar-refractivity contribution is 7.89. The van der Waals surface area contributed by atoms with E-state index < -0.39 is 21.7 Å². The molecule has 1 aromatic rings. The summed E-state index contributed by atoms with van der Waals surface area (Å²) in [5.41, 5.74) is 1.97. The molecule has 1 heterocycles. The van der Waals surface area contributed by atoms with Crippen LogP contribution >= 0.6 is 0 Å². The van der Waals surface area contributed by atoms with Crippen LogP contribution in [0.3, 0.4) is 0 Å². The Labute approximate surface area is 103 Å². The van der Waals surface area contributed by atoms with Gasteiger partial charge in [-0.1, -0.05) is 0 Å². The minimum Gasteiger partial charge on any atom is -0.368 e. The molecule has 0 atom stereocenters. The van der Waals surface area contributed by atoms with Crippen LogP contribution in [0.1, 0.15) is 6.42 Å². The predicted molar refractivity (Wildman–Crippen MR) is 63.0 cm³/mol. The number of rotatable bonds is 6. The third-order valence-corrected chi connectivity index (χ3v) is 2.82. The quantitative estimate of drug-likeness (QED) is 0.323. The van der Waals surface area contributed by atoms with E-state index in [9.17, 15) is 17.2 Å². The monoisotopic (exact) mass is 281 g/mol. The molecule has 18 heavy (non-hydrogen) atoms. The summed E-state index contributed by atoms with van der Waals surface area (Å²) in [6.07, 6.45) is 0.169. The van der Waals surface area contributed by atoms with E-state index in [0.29, 0.717) is 6.07 Å². The summed E-state index contributed by atoms with van der Waals surface area (Å²) < 4.78 is 47.5. The van der Waals surface area contributed by atoms with E-state index in [-0.39, 0.29) is 30.4 Å². The van der Waals surface area contributed by atoms with Gasteiger partial charge in [-0.15, -0.1) is 0 Å². The molecule has 7 nitrogen and oxygen atoms in total. The van der Waals surface area contributed by atoms with Crippen LogP contribution in [0, 0.1) is 11.6 Å². The Morgan fingerprint density at radius 1 is 1.28 bits per heavy atom. The van der Waals surface area contributed by atoms with Crippen LogP contribution in [-0.2, 0) is 10.0 Å². The predicted octanol–water partition coefficient (Wildman–Crippen LogP) is -0.264. The van der Waals surface area contributed by atoms with E-state index >= 15 is 0 Å². The molecule has 0 aliphatic carbocycles. The van der Waals surface area contributed by atoms with Crippen molar-refractivity contribution in [3.63, 3.8) is 0 Å². The highest BCUT2D eigenvalue weighted by Gasteiger charge is 2.11. The molecule has 0 aromatic carbocycles. The molecule has 6 N–H and O–H groups in total. The van der Waals surface area contributed by atoms with Gasteiger partial charge in [0.25, 0.3) is 0 Å². The van der Waals surface area contributed by atoms with Gasteiger partial charge in [0, 0.05) is 12.6 Å². The van der Waals surface area contributed by atoms with Crippen molar-refractivity contribution in [2.24, 2.45) is 11.0 Å². The minimum atomic E-state index is -3.55. The number of nitrogens with two attached hydrogens (primary N) is 2. The lowest BCUT2D eigenvalue weighted by Crippen LogP contribution is -2.19. The molecule has 0 radical (unpaired) electrons. The first-order chi connectivity index (χ1) is 8.33. The summed E-state index contributed by atoms with van der Waals surface area (Å²) in [4.78, 5) is 3.55. The van der Waals surface area contributed by atoms with Gasteiger partial charge < -0.3 is 10.7 Å². The van der Waals surface area contributed by atoms with Crippen LogP contribution in [0.4, 0.5) is 20.4 Å². The number of nitrogen functional groups attached to an aromatic ring is 1. The topological polar surface area (TPSA) is 123 Å². The number of primary sulfonamides is 1. The highest BCUT2D eigenvalue weighted by Crippen LogP contribution is 2.17. The number of pyridine rings is 1. The Hall–Kier alpha value is -1.52. The van der Waals surface area contributed by atoms with Crippen molar-refractivity contribution < 1.29 is 17.2 Å². The van der Waals surface area contributed by atoms with Crippen LogP contribution in [0.15, 0.2) is 6.07 Å². The molecule has 0 fully saturated rings. The zero-order chi connectivity index (χ0) is 13.8. The molecule has 1 aromatic heterocycles. The fourth-order valence-electron chi connectivity index (χ4n) is 1.17. The van der Waals surface area contributed by atoms with E-state index in [4.69, 9.17) is 11.0 Å². The number of sulfonamides is 1. The first kappa shape index (κ1) is 14.5. The van der Waals surface area contributed by atoms with Crippen LogP contribution in [0.25, 0.3) is 0 Å². The second kappa shape index (κ2) is 5.89. The fourth-order valence-corrected chi connectivity index (χ4v) is 1.72. The summed E-state index contributed by atoms with van der Waals surface area (Å²) in [6, 6.07) is 0.615. The summed E-state index contributed by atoms with van der Waals surface area (Å²) >= 11 is 0. The van der Waals surface area contributed by atoms with Gasteiger partial charge >= 0.3 is 0 Å². The van der Waals surface area contributed by atoms with Crippen molar-refractivity contribution in [3.8, 4) is 0 Å². The van der Waals surface area contributed by atoms with Crippen molar-refractivity contribution in [1.29, 1.82) is 0 Å². The highest BCUT2D eigenvalue weighted by atomic mass is 32.2. The third-order valence-electron chi connectivity index (χ3n) is 1.96. The van der Waals surface area contributed by atoms with Crippen molar-refractivity contribution in [1.82, 2.24) is 4.98 Å². The number of anilines is 2. The second-order valence-corrected chi connectivity index (χ2v) is 5.17. The van der Waals surface area contributed by atoms with Crippen LogP contribution in [-0.4, -0.2) is 25.7 Å². The summed E-state index contributed by atoms with van der Waals surface area (Å²) in [5, 5.41) is 7.31. The number of hydrazine groups is 1. The lowest BCUT2D eigenvalue weighted by Gasteiger charge is -2.08. The first-order valence-electron chi connectivity index (χ1n) is 4.90. The number of halogens is 2. The largest absolute Gasteiger partial charge is 0.368 e. The molecular weight excluding hydrogens is 268 g/mol. The molecule has 0 aliphatic heterocycles. The van der Waals surface area contributed by atoms with Crippen LogP contribution < -0.4 is 21.7 Å². The Balaban J connectivity index is 2.62. The minimum absolute atomic E-state index is 0.121. The summed E-state index contributed by atoms with van der Waals surface area (Å²) in [5.74, 6) is 2.37. The molecular formula is C8H13F2N5O2S. The standard InChI is InChI=1S/C8H13F2N5O2S/c9-5-4-6(10)8(15-11)14-7(5)13-2-1-3-18(12,16)17/h4H,1-3,11H2,(H2,12,16,17)(H2,13,14,15). The summed E-state index contributed by atoms with van der Waals surface area (Å²) in [7, 11) is -3.55. The molecule has 1 rings (SSSR count). The maximum atomic E-state index is 13.3. The van der Waals surface area contributed by atoms with Crippen molar-refractivity contribution >= 4 is 21.7 Å². The number of aromatic nitrogens is 1. The van der Waals surface area contributed by atoms with Gasteiger partial charge in [0.1, 0.15) is 0 Å². The molecule has 0 unspecified atom stereocenters. The number of nitrogens with one attached hydrogen (secondary N) is 2. The summed E-state index contributed by atoms with van der Waals surface area (Å²) in [6.45, 7) is 0.121. The smallest absolute Gasteiger partial charge is 0.209 e. The molecule has 0 bridgehead atoms.